The maximum atomic E-state index is 4.57. The van der Waals surface area contributed by atoms with Crippen molar-refractivity contribution in [3.63, 3.8) is 0 Å². The third kappa shape index (κ3) is 2.62. The average Bonchev–Trinajstić information content (AvgIpc) is 2.75. The molecule has 1 atom stereocenters. The van der Waals surface area contributed by atoms with Gasteiger partial charge in [-0.2, -0.15) is 0 Å². The third-order valence-corrected chi connectivity index (χ3v) is 3.97. The highest BCUT2D eigenvalue weighted by atomic mass is 32.2. The van der Waals surface area contributed by atoms with Crippen LogP contribution in [-0.2, 0) is 0 Å². The SMILES string of the molecule is CC(CN(C)C)Sc1nnc2c(n1)[nH]c1ccccc12. The molecule has 0 aliphatic carbocycles. The van der Waals surface area contributed by atoms with E-state index in [0.717, 1.165) is 33.8 Å². The van der Waals surface area contributed by atoms with Crippen molar-refractivity contribution in [3.05, 3.63) is 24.3 Å². The van der Waals surface area contributed by atoms with Gasteiger partial charge in [-0.25, -0.2) is 4.98 Å². The molecule has 0 aliphatic rings. The minimum Gasteiger partial charge on any atom is -0.338 e. The van der Waals surface area contributed by atoms with E-state index >= 15 is 0 Å². The van der Waals surface area contributed by atoms with E-state index in [9.17, 15) is 0 Å². The Bertz CT molecular complexity index is 737. The summed E-state index contributed by atoms with van der Waals surface area (Å²) in [4.78, 5) is 10.0. The van der Waals surface area contributed by atoms with Gasteiger partial charge in [0.15, 0.2) is 5.65 Å². The highest BCUT2D eigenvalue weighted by Gasteiger charge is 2.12. The molecule has 3 rings (SSSR count). The molecule has 1 N–H and O–H groups in total. The van der Waals surface area contributed by atoms with E-state index in [-0.39, 0.29) is 0 Å². The molecule has 0 bridgehead atoms. The molecule has 5 nitrogen and oxygen atoms in total. The summed E-state index contributed by atoms with van der Waals surface area (Å²) < 4.78 is 0. The monoisotopic (exact) mass is 287 g/mol. The van der Waals surface area contributed by atoms with Gasteiger partial charge in [-0.1, -0.05) is 36.9 Å². The maximum absolute atomic E-state index is 4.57. The summed E-state index contributed by atoms with van der Waals surface area (Å²) in [6, 6.07) is 8.06. The standard InChI is InChI=1S/C14H17N5S/c1-9(8-19(2)3)20-14-16-13-12(17-18-14)10-6-4-5-7-11(10)15-13/h4-7,9H,8H2,1-3H3,(H,15,16,18). The van der Waals surface area contributed by atoms with Crippen molar-refractivity contribution in [2.45, 2.75) is 17.3 Å². The van der Waals surface area contributed by atoms with Gasteiger partial charge in [0, 0.05) is 22.7 Å². The molecular formula is C14H17N5S. The lowest BCUT2D eigenvalue weighted by molar-refractivity contribution is 0.413. The number of nitrogens with zero attached hydrogens (tertiary/aromatic N) is 4. The van der Waals surface area contributed by atoms with Crippen LogP contribution in [0.1, 0.15) is 6.92 Å². The van der Waals surface area contributed by atoms with E-state index < -0.39 is 0 Å². The summed E-state index contributed by atoms with van der Waals surface area (Å²) in [5.74, 6) is 0. The molecule has 0 fully saturated rings. The Morgan fingerprint density at radius 3 is 2.85 bits per heavy atom. The fourth-order valence-electron chi connectivity index (χ4n) is 2.29. The quantitative estimate of drug-likeness (QED) is 0.747. The van der Waals surface area contributed by atoms with Crippen LogP contribution in [-0.4, -0.2) is 51.0 Å². The molecule has 0 amide bonds. The molecule has 0 aliphatic heterocycles. The number of H-pyrrole nitrogens is 1. The highest BCUT2D eigenvalue weighted by molar-refractivity contribution is 7.99. The number of benzene rings is 1. The van der Waals surface area contributed by atoms with Gasteiger partial charge in [-0.05, 0) is 20.2 Å². The van der Waals surface area contributed by atoms with Gasteiger partial charge in [-0.3, -0.25) is 0 Å². The largest absolute Gasteiger partial charge is 0.338 e. The maximum Gasteiger partial charge on any atom is 0.211 e. The summed E-state index contributed by atoms with van der Waals surface area (Å²) in [6.45, 7) is 3.15. The molecule has 0 saturated heterocycles. The molecule has 6 heteroatoms. The molecule has 3 aromatic rings. The smallest absolute Gasteiger partial charge is 0.211 e. The van der Waals surface area contributed by atoms with Crippen molar-refractivity contribution in [2.24, 2.45) is 0 Å². The van der Waals surface area contributed by atoms with Crippen molar-refractivity contribution >= 4 is 33.8 Å². The molecule has 104 valence electrons. The van der Waals surface area contributed by atoms with Crippen LogP contribution in [0.4, 0.5) is 0 Å². The second-order valence-corrected chi connectivity index (χ2v) is 6.56. The number of fused-ring (bicyclic) bond motifs is 3. The first-order chi connectivity index (χ1) is 9.63. The van der Waals surface area contributed by atoms with Crippen LogP contribution >= 0.6 is 11.8 Å². The topological polar surface area (TPSA) is 57.7 Å². The number of hydrogen-bond donors (Lipinski definition) is 1. The minimum absolute atomic E-state index is 0.425. The summed E-state index contributed by atoms with van der Waals surface area (Å²) >= 11 is 1.65. The zero-order valence-electron chi connectivity index (χ0n) is 11.8. The first-order valence-electron chi connectivity index (χ1n) is 6.56. The van der Waals surface area contributed by atoms with Crippen molar-refractivity contribution in [1.29, 1.82) is 0 Å². The first-order valence-corrected chi connectivity index (χ1v) is 7.44. The molecule has 2 heterocycles. The van der Waals surface area contributed by atoms with Gasteiger partial charge in [0.25, 0.3) is 0 Å². The summed E-state index contributed by atoms with van der Waals surface area (Å²) in [5.41, 5.74) is 2.69. The molecule has 0 radical (unpaired) electrons. The third-order valence-electron chi connectivity index (χ3n) is 3.03. The second-order valence-electron chi connectivity index (χ2n) is 5.15. The molecule has 2 aromatic heterocycles. The number of aromatic amines is 1. The van der Waals surface area contributed by atoms with E-state index in [0.29, 0.717) is 5.25 Å². The minimum atomic E-state index is 0.425. The number of nitrogens with one attached hydrogen (secondary N) is 1. The summed E-state index contributed by atoms with van der Waals surface area (Å²) in [6.07, 6.45) is 0. The van der Waals surface area contributed by atoms with E-state index in [1.807, 2.05) is 24.3 Å². The van der Waals surface area contributed by atoms with Gasteiger partial charge >= 0.3 is 0 Å². The fourth-order valence-corrected chi connectivity index (χ4v) is 3.25. The van der Waals surface area contributed by atoms with Crippen LogP contribution in [0.2, 0.25) is 0 Å². The van der Waals surface area contributed by atoms with E-state index in [1.165, 1.54) is 0 Å². The van der Waals surface area contributed by atoms with E-state index in [4.69, 9.17) is 0 Å². The van der Waals surface area contributed by atoms with Crippen molar-refractivity contribution in [3.8, 4) is 0 Å². The van der Waals surface area contributed by atoms with Crippen LogP contribution in [0.15, 0.2) is 29.4 Å². The molecule has 1 aromatic carbocycles. The Kier molecular flexibility index (Phi) is 3.58. The van der Waals surface area contributed by atoms with E-state index in [1.54, 1.807) is 11.8 Å². The van der Waals surface area contributed by atoms with E-state index in [2.05, 4.69) is 46.1 Å². The lowest BCUT2D eigenvalue weighted by Crippen LogP contribution is -2.21. The molecule has 0 spiro atoms. The zero-order valence-corrected chi connectivity index (χ0v) is 12.6. The Balaban J connectivity index is 1.92. The second kappa shape index (κ2) is 5.38. The number of para-hydroxylation sites is 1. The van der Waals surface area contributed by atoms with Crippen molar-refractivity contribution in [1.82, 2.24) is 25.1 Å². The predicted molar refractivity (Wildman–Crippen MR) is 83.1 cm³/mol. The number of hydrogen-bond acceptors (Lipinski definition) is 5. The van der Waals surface area contributed by atoms with Gasteiger partial charge in [-0.15, -0.1) is 10.2 Å². The van der Waals surface area contributed by atoms with Crippen LogP contribution in [0, 0.1) is 0 Å². The number of rotatable bonds is 4. The Hall–Kier alpha value is -1.66. The lowest BCUT2D eigenvalue weighted by atomic mass is 10.2. The number of thioether (sulfide) groups is 1. The Morgan fingerprint density at radius 1 is 1.25 bits per heavy atom. The van der Waals surface area contributed by atoms with Crippen LogP contribution in [0.5, 0.6) is 0 Å². The van der Waals surface area contributed by atoms with Gasteiger partial charge in [0.2, 0.25) is 5.16 Å². The molecule has 20 heavy (non-hydrogen) atoms. The van der Waals surface area contributed by atoms with Crippen molar-refractivity contribution in [2.75, 3.05) is 20.6 Å². The lowest BCUT2D eigenvalue weighted by Gasteiger charge is -2.14. The van der Waals surface area contributed by atoms with Crippen LogP contribution < -0.4 is 0 Å². The Morgan fingerprint density at radius 2 is 2.05 bits per heavy atom. The van der Waals surface area contributed by atoms with Gasteiger partial charge in [0.05, 0.1) is 0 Å². The zero-order chi connectivity index (χ0) is 14.1. The van der Waals surface area contributed by atoms with Crippen LogP contribution in [0.3, 0.4) is 0 Å². The molecule has 1 unspecified atom stereocenters. The normalized spacial score (nSPS) is 13.4. The van der Waals surface area contributed by atoms with Gasteiger partial charge < -0.3 is 9.88 Å². The number of aromatic nitrogens is 4. The Labute approximate surface area is 121 Å². The summed E-state index contributed by atoms with van der Waals surface area (Å²) in [7, 11) is 4.13. The average molecular weight is 287 g/mol. The van der Waals surface area contributed by atoms with Gasteiger partial charge in [0.1, 0.15) is 5.52 Å². The molecule has 0 saturated carbocycles. The first kappa shape index (κ1) is 13.3. The van der Waals surface area contributed by atoms with Crippen LogP contribution in [0.25, 0.3) is 22.1 Å². The predicted octanol–water partition coefficient (Wildman–Crippen LogP) is 2.55. The molecular weight excluding hydrogens is 270 g/mol. The van der Waals surface area contributed by atoms with Crippen molar-refractivity contribution < 1.29 is 0 Å². The highest BCUT2D eigenvalue weighted by Crippen LogP contribution is 2.24. The summed E-state index contributed by atoms with van der Waals surface area (Å²) in [5, 5.41) is 10.8. The fraction of sp³-hybridized carbons (Fsp3) is 0.357.